The third-order valence-corrected chi connectivity index (χ3v) is 4.62. The number of nitrogens with zero attached hydrogens (tertiary/aromatic N) is 3. The Bertz CT molecular complexity index is 688. The lowest BCUT2D eigenvalue weighted by molar-refractivity contribution is 0.560. The molecule has 10 heteroatoms. The first-order chi connectivity index (χ1) is 9.44. The maximum absolute atomic E-state index is 12.3. The van der Waals surface area contributed by atoms with E-state index in [4.69, 9.17) is 17.3 Å². The molecule has 0 saturated heterocycles. The van der Waals surface area contributed by atoms with E-state index in [1.54, 1.807) is 13.0 Å². The van der Waals surface area contributed by atoms with Crippen molar-refractivity contribution in [3.63, 3.8) is 0 Å². The molecule has 0 spiro atoms. The first-order valence-corrected chi connectivity index (χ1v) is 7.54. The number of benzene rings is 1. The van der Waals surface area contributed by atoms with E-state index in [9.17, 15) is 8.42 Å². The summed E-state index contributed by atoms with van der Waals surface area (Å²) in [5.41, 5.74) is 6.17. The summed E-state index contributed by atoms with van der Waals surface area (Å²) in [5.74, 6) is 0.236. The van der Waals surface area contributed by atoms with E-state index in [0.717, 1.165) is 0 Å². The molecule has 1 aromatic heterocycles. The van der Waals surface area contributed by atoms with Crippen LogP contribution in [0.1, 0.15) is 24.4 Å². The summed E-state index contributed by atoms with van der Waals surface area (Å²) in [7, 11) is -3.81. The van der Waals surface area contributed by atoms with Gasteiger partial charge in [0.2, 0.25) is 10.0 Å². The molecule has 0 aliphatic rings. The topological polar surface area (TPSA) is 127 Å². The largest absolute Gasteiger partial charge is 0.326 e. The Morgan fingerprint density at radius 3 is 2.85 bits per heavy atom. The SMILES string of the molecule is CC(NS(=O)(=O)c1cc(CN)ccc1Cl)c1nn[nH]n1. The molecule has 108 valence electrons. The van der Waals surface area contributed by atoms with Gasteiger partial charge in [-0.25, -0.2) is 13.1 Å². The van der Waals surface area contributed by atoms with Crippen LogP contribution in [0.3, 0.4) is 0 Å². The van der Waals surface area contributed by atoms with Gasteiger partial charge in [-0.3, -0.25) is 0 Å². The van der Waals surface area contributed by atoms with Crippen molar-refractivity contribution in [3.05, 3.63) is 34.6 Å². The average Bonchev–Trinajstić information content (AvgIpc) is 2.92. The van der Waals surface area contributed by atoms with Gasteiger partial charge in [0.05, 0.1) is 11.1 Å². The smallest absolute Gasteiger partial charge is 0.242 e. The predicted octanol–water partition coefficient (Wildman–Crippen LogP) is 0.351. The second kappa shape index (κ2) is 5.83. The molecule has 2 rings (SSSR count). The van der Waals surface area contributed by atoms with E-state index >= 15 is 0 Å². The van der Waals surface area contributed by atoms with E-state index in [1.807, 2.05) is 0 Å². The number of hydrogen-bond donors (Lipinski definition) is 3. The van der Waals surface area contributed by atoms with Gasteiger partial charge in [0.1, 0.15) is 4.90 Å². The second-order valence-electron chi connectivity index (χ2n) is 4.08. The fraction of sp³-hybridized carbons (Fsp3) is 0.300. The molecule has 2 aromatic rings. The van der Waals surface area contributed by atoms with Crippen LogP contribution in [0.25, 0.3) is 0 Å². The summed E-state index contributed by atoms with van der Waals surface area (Å²) in [6, 6.07) is 3.96. The number of aromatic nitrogens is 4. The van der Waals surface area contributed by atoms with Gasteiger partial charge in [-0.15, -0.1) is 10.2 Å². The monoisotopic (exact) mass is 316 g/mol. The number of aromatic amines is 1. The van der Waals surface area contributed by atoms with Crippen LogP contribution >= 0.6 is 11.6 Å². The van der Waals surface area contributed by atoms with Crippen LogP contribution in [0.2, 0.25) is 5.02 Å². The molecule has 0 bridgehead atoms. The Hall–Kier alpha value is -1.55. The van der Waals surface area contributed by atoms with Gasteiger partial charge in [-0.2, -0.15) is 5.21 Å². The molecular weight excluding hydrogens is 304 g/mol. The van der Waals surface area contributed by atoms with Gasteiger partial charge in [0, 0.05) is 6.54 Å². The van der Waals surface area contributed by atoms with Crippen LogP contribution in [0.15, 0.2) is 23.1 Å². The van der Waals surface area contributed by atoms with Crippen molar-refractivity contribution in [2.24, 2.45) is 5.73 Å². The highest BCUT2D eigenvalue weighted by Crippen LogP contribution is 2.23. The van der Waals surface area contributed by atoms with Crippen LogP contribution in [-0.2, 0) is 16.6 Å². The summed E-state index contributed by atoms with van der Waals surface area (Å²) < 4.78 is 27.0. The van der Waals surface area contributed by atoms with Crippen LogP contribution in [-0.4, -0.2) is 29.0 Å². The Labute approximate surface area is 120 Å². The maximum atomic E-state index is 12.3. The summed E-state index contributed by atoms with van der Waals surface area (Å²) in [4.78, 5) is -0.0301. The number of nitrogens with two attached hydrogens (primary N) is 1. The molecule has 0 radical (unpaired) electrons. The highest BCUT2D eigenvalue weighted by molar-refractivity contribution is 7.89. The van der Waals surface area contributed by atoms with Crippen molar-refractivity contribution < 1.29 is 8.42 Å². The van der Waals surface area contributed by atoms with Crippen molar-refractivity contribution in [1.82, 2.24) is 25.3 Å². The molecule has 4 N–H and O–H groups in total. The van der Waals surface area contributed by atoms with Crippen molar-refractivity contribution in [2.75, 3.05) is 0 Å². The van der Waals surface area contributed by atoms with Crippen LogP contribution in [0, 0.1) is 0 Å². The molecule has 1 atom stereocenters. The number of tetrazole rings is 1. The number of sulfonamides is 1. The van der Waals surface area contributed by atoms with E-state index in [2.05, 4.69) is 25.3 Å². The van der Waals surface area contributed by atoms with Gasteiger partial charge >= 0.3 is 0 Å². The molecule has 0 fully saturated rings. The molecule has 0 amide bonds. The number of nitrogens with one attached hydrogen (secondary N) is 2. The van der Waals surface area contributed by atoms with Gasteiger partial charge in [-0.1, -0.05) is 22.9 Å². The third-order valence-electron chi connectivity index (χ3n) is 2.60. The van der Waals surface area contributed by atoms with Gasteiger partial charge < -0.3 is 5.73 Å². The highest BCUT2D eigenvalue weighted by atomic mass is 35.5. The normalized spacial score (nSPS) is 13.3. The Morgan fingerprint density at radius 1 is 1.50 bits per heavy atom. The standard InChI is InChI=1S/C10H13ClN6O2S/c1-6(10-13-16-17-14-10)15-20(18,19)9-4-7(5-12)2-3-8(9)11/h2-4,6,15H,5,12H2,1H3,(H,13,14,16,17). The van der Waals surface area contributed by atoms with Crippen molar-refractivity contribution in [2.45, 2.75) is 24.4 Å². The first kappa shape index (κ1) is 14.9. The average molecular weight is 317 g/mol. The minimum Gasteiger partial charge on any atom is -0.326 e. The Balaban J connectivity index is 2.31. The molecule has 8 nitrogen and oxygen atoms in total. The zero-order valence-electron chi connectivity index (χ0n) is 10.5. The highest BCUT2D eigenvalue weighted by Gasteiger charge is 2.23. The molecule has 20 heavy (non-hydrogen) atoms. The van der Waals surface area contributed by atoms with Crippen LogP contribution in [0.4, 0.5) is 0 Å². The van der Waals surface area contributed by atoms with E-state index in [0.29, 0.717) is 5.56 Å². The number of halogens is 1. The molecule has 1 heterocycles. The Kier molecular flexibility index (Phi) is 4.33. The summed E-state index contributed by atoms with van der Waals surface area (Å²) in [6.07, 6.45) is 0. The molecule has 0 saturated carbocycles. The van der Waals surface area contributed by atoms with Crippen LogP contribution in [0.5, 0.6) is 0 Å². The fourth-order valence-electron chi connectivity index (χ4n) is 1.58. The molecule has 1 unspecified atom stereocenters. The van der Waals surface area contributed by atoms with E-state index in [1.165, 1.54) is 12.1 Å². The number of H-pyrrole nitrogens is 1. The van der Waals surface area contributed by atoms with E-state index in [-0.39, 0.29) is 22.3 Å². The van der Waals surface area contributed by atoms with Crippen LogP contribution < -0.4 is 10.5 Å². The van der Waals surface area contributed by atoms with Gasteiger partial charge in [0.25, 0.3) is 0 Å². The zero-order chi connectivity index (χ0) is 14.8. The lowest BCUT2D eigenvalue weighted by Gasteiger charge is -2.12. The summed E-state index contributed by atoms with van der Waals surface area (Å²) in [6.45, 7) is 1.82. The fourth-order valence-corrected chi connectivity index (χ4v) is 3.33. The van der Waals surface area contributed by atoms with Gasteiger partial charge in [0.15, 0.2) is 5.82 Å². The first-order valence-electron chi connectivity index (χ1n) is 5.68. The van der Waals surface area contributed by atoms with Gasteiger partial charge in [-0.05, 0) is 24.6 Å². The predicted molar refractivity (Wildman–Crippen MR) is 72.3 cm³/mol. The lowest BCUT2D eigenvalue weighted by Crippen LogP contribution is -2.28. The molecule has 0 aliphatic carbocycles. The van der Waals surface area contributed by atoms with Crippen molar-refractivity contribution in [1.29, 1.82) is 0 Å². The maximum Gasteiger partial charge on any atom is 0.242 e. The van der Waals surface area contributed by atoms with E-state index < -0.39 is 16.1 Å². The Morgan fingerprint density at radius 2 is 2.25 bits per heavy atom. The molecule has 0 aliphatic heterocycles. The second-order valence-corrected chi connectivity index (χ2v) is 6.17. The summed E-state index contributed by atoms with van der Waals surface area (Å²) in [5, 5.41) is 13.2. The van der Waals surface area contributed by atoms with Crippen molar-refractivity contribution >= 4 is 21.6 Å². The third kappa shape index (κ3) is 3.12. The number of rotatable bonds is 5. The minimum atomic E-state index is -3.81. The minimum absolute atomic E-state index is 0.0301. The lowest BCUT2D eigenvalue weighted by atomic mass is 10.2. The number of hydrogen-bond acceptors (Lipinski definition) is 6. The quantitative estimate of drug-likeness (QED) is 0.730. The molecule has 1 aromatic carbocycles. The molecular formula is C10H13ClN6O2S. The summed E-state index contributed by atoms with van der Waals surface area (Å²) >= 11 is 5.94. The van der Waals surface area contributed by atoms with Crippen molar-refractivity contribution in [3.8, 4) is 0 Å². The zero-order valence-corrected chi connectivity index (χ0v) is 12.1.